The number of hydrogen-bond donors (Lipinski definition) is 2. The average molecular weight is 268 g/mol. The maximum absolute atomic E-state index is 4.99. The first-order valence-electron chi connectivity index (χ1n) is 6.32. The van der Waals surface area contributed by atoms with Gasteiger partial charge in [0.05, 0.1) is 6.61 Å². The summed E-state index contributed by atoms with van der Waals surface area (Å²) in [5.74, 6) is 0. The van der Waals surface area contributed by atoms with Crippen molar-refractivity contribution in [3.05, 3.63) is 29.8 Å². The first-order valence-corrected chi connectivity index (χ1v) is 7.54. The molecule has 0 spiro atoms. The van der Waals surface area contributed by atoms with Crippen LogP contribution in [0, 0.1) is 0 Å². The van der Waals surface area contributed by atoms with Gasteiger partial charge in [0, 0.05) is 37.7 Å². The molecule has 1 aromatic rings. The topological polar surface area (TPSA) is 33.3 Å². The van der Waals surface area contributed by atoms with Crippen LogP contribution < -0.4 is 10.6 Å². The van der Waals surface area contributed by atoms with E-state index in [1.54, 1.807) is 18.9 Å². The lowest BCUT2D eigenvalue weighted by Gasteiger charge is -2.14. The normalized spacial score (nSPS) is 12.6. The van der Waals surface area contributed by atoms with E-state index >= 15 is 0 Å². The summed E-state index contributed by atoms with van der Waals surface area (Å²) in [6.07, 6.45) is 2.10. The van der Waals surface area contributed by atoms with Gasteiger partial charge in [0.25, 0.3) is 0 Å². The molecule has 1 rings (SSSR count). The summed E-state index contributed by atoms with van der Waals surface area (Å²) in [5.41, 5.74) is 1.33. The Morgan fingerprint density at radius 1 is 1.28 bits per heavy atom. The Bertz CT molecular complexity index is 316. The largest absolute Gasteiger partial charge is 0.383 e. The van der Waals surface area contributed by atoms with Crippen LogP contribution in [0.15, 0.2) is 29.2 Å². The number of methoxy groups -OCH3 is 1. The Hall–Kier alpha value is -0.550. The van der Waals surface area contributed by atoms with Crippen molar-refractivity contribution in [2.75, 3.05) is 33.1 Å². The van der Waals surface area contributed by atoms with Crippen LogP contribution in [0.25, 0.3) is 0 Å². The van der Waals surface area contributed by atoms with Gasteiger partial charge in [-0.1, -0.05) is 12.1 Å². The lowest BCUT2D eigenvalue weighted by Crippen LogP contribution is -2.37. The van der Waals surface area contributed by atoms with Crippen LogP contribution in [-0.2, 0) is 11.3 Å². The van der Waals surface area contributed by atoms with Crippen molar-refractivity contribution >= 4 is 11.8 Å². The monoisotopic (exact) mass is 268 g/mol. The second-order valence-corrected chi connectivity index (χ2v) is 5.21. The maximum atomic E-state index is 4.99. The molecule has 0 aromatic heterocycles. The van der Waals surface area contributed by atoms with E-state index in [0.717, 1.165) is 26.2 Å². The van der Waals surface area contributed by atoms with Crippen molar-refractivity contribution in [1.82, 2.24) is 10.6 Å². The van der Waals surface area contributed by atoms with Crippen molar-refractivity contribution in [2.24, 2.45) is 0 Å². The van der Waals surface area contributed by atoms with Crippen LogP contribution in [0.3, 0.4) is 0 Å². The fourth-order valence-electron chi connectivity index (χ4n) is 1.60. The summed E-state index contributed by atoms with van der Waals surface area (Å²) in [5, 5.41) is 6.85. The van der Waals surface area contributed by atoms with Gasteiger partial charge in [-0.3, -0.25) is 0 Å². The van der Waals surface area contributed by atoms with Crippen molar-refractivity contribution in [2.45, 2.75) is 24.4 Å². The molecule has 18 heavy (non-hydrogen) atoms. The molecule has 0 aliphatic heterocycles. The number of hydrogen-bond acceptors (Lipinski definition) is 4. The van der Waals surface area contributed by atoms with Crippen molar-refractivity contribution in [3.63, 3.8) is 0 Å². The van der Waals surface area contributed by atoms with Crippen LogP contribution in [-0.4, -0.2) is 39.1 Å². The quantitative estimate of drug-likeness (QED) is 0.531. The van der Waals surface area contributed by atoms with Crippen LogP contribution >= 0.6 is 11.8 Å². The highest BCUT2D eigenvalue weighted by Crippen LogP contribution is 2.14. The molecule has 1 aromatic carbocycles. The number of benzene rings is 1. The highest BCUT2D eigenvalue weighted by molar-refractivity contribution is 7.98. The van der Waals surface area contributed by atoms with Crippen molar-refractivity contribution in [3.8, 4) is 0 Å². The standard InChI is InChI=1S/C14H24N2OS/c1-12(10-15-8-9-17-2)16-11-13-4-6-14(18-3)7-5-13/h4-7,12,15-16H,8-11H2,1-3H3. The average Bonchev–Trinajstić information content (AvgIpc) is 2.42. The fraction of sp³-hybridized carbons (Fsp3) is 0.571. The van der Waals surface area contributed by atoms with Gasteiger partial charge >= 0.3 is 0 Å². The minimum Gasteiger partial charge on any atom is -0.383 e. The second-order valence-electron chi connectivity index (χ2n) is 4.33. The Kier molecular flexibility index (Phi) is 8.09. The summed E-state index contributed by atoms with van der Waals surface area (Å²) >= 11 is 1.78. The van der Waals surface area contributed by atoms with Crippen LogP contribution in [0.2, 0.25) is 0 Å². The van der Waals surface area contributed by atoms with Crippen molar-refractivity contribution in [1.29, 1.82) is 0 Å². The summed E-state index contributed by atoms with van der Waals surface area (Å²) < 4.78 is 4.99. The van der Waals surface area contributed by atoms with Gasteiger partial charge in [0.1, 0.15) is 0 Å². The Morgan fingerprint density at radius 2 is 2.00 bits per heavy atom. The van der Waals surface area contributed by atoms with E-state index < -0.39 is 0 Å². The van der Waals surface area contributed by atoms with Crippen molar-refractivity contribution < 1.29 is 4.74 Å². The first-order chi connectivity index (χ1) is 8.76. The maximum Gasteiger partial charge on any atom is 0.0587 e. The Balaban J connectivity index is 2.18. The van der Waals surface area contributed by atoms with E-state index in [-0.39, 0.29) is 0 Å². The van der Waals surface area contributed by atoms with E-state index in [2.05, 4.69) is 48.1 Å². The molecule has 0 heterocycles. The molecule has 4 heteroatoms. The van der Waals surface area contributed by atoms with Gasteiger partial charge in [-0.05, 0) is 30.9 Å². The van der Waals surface area contributed by atoms with E-state index in [0.29, 0.717) is 6.04 Å². The Morgan fingerprint density at radius 3 is 2.61 bits per heavy atom. The van der Waals surface area contributed by atoms with Gasteiger partial charge in [-0.25, -0.2) is 0 Å². The molecule has 102 valence electrons. The van der Waals surface area contributed by atoms with Gasteiger partial charge in [-0.2, -0.15) is 0 Å². The third kappa shape index (κ3) is 6.40. The minimum atomic E-state index is 0.460. The summed E-state index contributed by atoms with van der Waals surface area (Å²) in [6, 6.07) is 9.17. The predicted molar refractivity (Wildman–Crippen MR) is 79.3 cm³/mol. The predicted octanol–water partition coefficient (Wildman–Crippen LogP) is 2.12. The Labute approximate surface area is 115 Å². The number of nitrogens with one attached hydrogen (secondary N) is 2. The molecular formula is C14H24N2OS. The lowest BCUT2D eigenvalue weighted by atomic mass is 10.2. The lowest BCUT2D eigenvalue weighted by molar-refractivity contribution is 0.198. The number of ether oxygens (including phenoxy) is 1. The molecule has 3 nitrogen and oxygen atoms in total. The highest BCUT2D eigenvalue weighted by Gasteiger charge is 2.01. The summed E-state index contributed by atoms with van der Waals surface area (Å²) in [4.78, 5) is 1.31. The zero-order valence-electron chi connectivity index (χ0n) is 11.5. The molecular weight excluding hydrogens is 244 g/mol. The SMILES string of the molecule is COCCNCC(C)NCc1ccc(SC)cc1. The molecule has 0 amide bonds. The molecule has 0 bridgehead atoms. The molecule has 2 N–H and O–H groups in total. The van der Waals surface area contributed by atoms with Crippen LogP contribution in [0.1, 0.15) is 12.5 Å². The first kappa shape index (κ1) is 15.5. The van der Waals surface area contributed by atoms with Gasteiger partial charge in [0.2, 0.25) is 0 Å². The summed E-state index contributed by atoms with van der Waals surface area (Å²) in [7, 11) is 1.72. The molecule has 0 saturated carbocycles. The number of rotatable bonds is 9. The fourth-order valence-corrected chi connectivity index (χ4v) is 2.01. The van der Waals surface area contributed by atoms with E-state index in [1.807, 2.05) is 0 Å². The van der Waals surface area contributed by atoms with E-state index in [4.69, 9.17) is 4.74 Å². The minimum absolute atomic E-state index is 0.460. The van der Waals surface area contributed by atoms with Gasteiger partial charge in [0.15, 0.2) is 0 Å². The zero-order chi connectivity index (χ0) is 13.2. The molecule has 1 atom stereocenters. The van der Waals surface area contributed by atoms with Gasteiger partial charge in [-0.15, -0.1) is 11.8 Å². The zero-order valence-corrected chi connectivity index (χ0v) is 12.3. The molecule has 0 fully saturated rings. The molecule has 0 aliphatic rings. The molecule has 0 radical (unpaired) electrons. The molecule has 1 unspecified atom stereocenters. The third-order valence-corrected chi connectivity index (χ3v) is 3.49. The number of thioether (sulfide) groups is 1. The smallest absolute Gasteiger partial charge is 0.0587 e. The molecule has 0 saturated heterocycles. The third-order valence-electron chi connectivity index (χ3n) is 2.75. The molecule has 0 aliphatic carbocycles. The summed E-state index contributed by atoms with van der Waals surface area (Å²) in [6.45, 7) is 5.75. The van der Waals surface area contributed by atoms with Crippen LogP contribution in [0.4, 0.5) is 0 Å². The second kappa shape index (κ2) is 9.39. The highest BCUT2D eigenvalue weighted by atomic mass is 32.2. The van der Waals surface area contributed by atoms with Crippen LogP contribution in [0.5, 0.6) is 0 Å². The van der Waals surface area contributed by atoms with E-state index in [1.165, 1.54) is 10.5 Å². The van der Waals surface area contributed by atoms with E-state index in [9.17, 15) is 0 Å². The van der Waals surface area contributed by atoms with Gasteiger partial charge < -0.3 is 15.4 Å².